The second-order valence-electron chi connectivity index (χ2n) is 21.3. The van der Waals surface area contributed by atoms with Crippen LogP contribution in [0.4, 0.5) is 0 Å². The molecular formula is C86H128ILiO9. The summed E-state index contributed by atoms with van der Waals surface area (Å²) in [6.45, 7) is 10.9. The van der Waals surface area contributed by atoms with Crippen LogP contribution in [0.5, 0.6) is 0 Å². The first kappa shape index (κ1) is 102. The van der Waals surface area contributed by atoms with Crippen LogP contribution in [0.1, 0.15) is 227 Å². The fraction of sp³-hybridized carbons (Fsp3) is 0.442. The van der Waals surface area contributed by atoms with E-state index >= 15 is 0 Å². The molecular weight excluding hydrogens is 1310 g/mol. The van der Waals surface area contributed by atoms with Crippen molar-refractivity contribution in [2.24, 2.45) is 0 Å². The number of hydrogen-bond donors (Lipinski definition) is 1. The number of carboxylic acids is 1. The standard InChI is InChI=1S/C24H36O2.C22H31IO2.C22H32O2.C18H26O.Li.2H2O/c1-3-5-6-7-8-9-10-11-12-13-14-15-16-17-18-19-20-21-22-23-24(25)26-4-2;1-2-3-4-5-6-7-8-9-10-11-12-13-14-15-16-17-20(23)21-18-19-22(24)25-21;1-2-3-4-5-6-7-8-9-10-11-12-13-14-15-16-17-18-19-20-21-22(23)24;1-2-3-4-5-6-7-8-9-10-11-12-13-14-15-16-17-18-19;;;/h5-6,8-9,11-12,14-15,17-18,20-21H,3-4,7,10,13,16,19,22-23H2,1-2H3;3-4,6-7,9-10,12-13,15-16,20-21H,2,5,8,11,14,17-19H2,1H3;3-4,6-7,9-10,12-13,15-16,18-19H,2,5,8,11,14,17,20-21H2,1H3,(H,23,24);3-4,6-7,9-10,12-13,16-18H,2,5,8,11,14-15H2,1H3;;2*1H2/q;;;;+1;;/p-1/b6-5-,9-8-,12-11-,15-14-,18-17-,21-20-;4-3-,7-6-,10-9-,13-12-,16-15-;4-3-,7-6-,10-9-,13-12-,16-15-,19-18-;4-3-,7-6-,10-9-,13-12-,17-16+;;;. The van der Waals surface area contributed by atoms with Gasteiger partial charge in [-0.25, -0.2) is 0 Å². The molecule has 534 valence electrons. The number of esters is 2. The molecule has 1 saturated heterocycles. The minimum absolute atomic E-state index is 0. The second kappa shape index (κ2) is 93.8. The summed E-state index contributed by atoms with van der Waals surface area (Å²) in [5.74, 6) is -0.906. The molecule has 0 aromatic carbocycles. The molecule has 0 aromatic heterocycles. The van der Waals surface area contributed by atoms with Gasteiger partial charge in [-0.3, -0.25) is 19.2 Å². The van der Waals surface area contributed by atoms with Gasteiger partial charge in [0.1, 0.15) is 12.4 Å². The Balaban J connectivity index is -0.000000283. The van der Waals surface area contributed by atoms with Crippen molar-refractivity contribution < 1.29 is 63.6 Å². The van der Waals surface area contributed by atoms with Crippen LogP contribution < -0.4 is 18.9 Å². The predicted octanol–water partition coefficient (Wildman–Crippen LogP) is 21.5. The van der Waals surface area contributed by atoms with Crippen molar-refractivity contribution in [2.45, 2.75) is 237 Å². The number of unbranched alkanes of at least 4 members (excludes halogenated alkanes) is 1. The molecule has 9 nitrogen and oxygen atoms in total. The summed E-state index contributed by atoms with van der Waals surface area (Å²) in [6, 6.07) is 0. The number of allylic oxidation sites excluding steroid dienone is 44. The molecule has 1 fully saturated rings. The fourth-order valence-corrected chi connectivity index (χ4v) is 8.59. The molecule has 0 radical (unpaired) electrons. The van der Waals surface area contributed by atoms with Gasteiger partial charge >= 0.3 is 36.8 Å². The number of halogens is 1. The van der Waals surface area contributed by atoms with Crippen LogP contribution in [0.25, 0.3) is 0 Å². The van der Waals surface area contributed by atoms with Gasteiger partial charge in [0.25, 0.3) is 0 Å². The molecule has 97 heavy (non-hydrogen) atoms. The maximum Gasteiger partial charge on any atom is 1.00 e. The van der Waals surface area contributed by atoms with Crippen LogP contribution in [-0.4, -0.2) is 56.9 Å². The van der Waals surface area contributed by atoms with E-state index in [-0.39, 0.29) is 54.3 Å². The van der Waals surface area contributed by atoms with E-state index in [9.17, 15) is 19.2 Å². The molecule has 11 heteroatoms. The van der Waals surface area contributed by atoms with E-state index in [1.807, 2.05) is 31.2 Å². The van der Waals surface area contributed by atoms with Gasteiger partial charge in [0, 0.05) is 19.3 Å². The topological polar surface area (TPSA) is 168 Å². The van der Waals surface area contributed by atoms with Crippen molar-refractivity contribution in [1.82, 2.24) is 0 Å². The molecule has 1 rings (SSSR count). The monoisotopic (exact) mass is 1440 g/mol. The molecule has 0 aromatic rings. The van der Waals surface area contributed by atoms with Crippen LogP contribution in [-0.2, 0) is 28.7 Å². The quantitative estimate of drug-likeness (QED) is 0.00917. The largest absolute Gasteiger partial charge is 1.00 e. The van der Waals surface area contributed by atoms with Gasteiger partial charge in [-0.1, -0.05) is 312 Å². The zero-order valence-corrected chi connectivity index (χ0v) is 62.9. The molecule has 1 heterocycles. The first-order valence-electron chi connectivity index (χ1n) is 35.2. The number of alkyl halides is 1. The van der Waals surface area contributed by atoms with Crippen molar-refractivity contribution in [2.75, 3.05) is 6.61 Å². The van der Waals surface area contributed by atoms with E-state index in [2.05, 4.69) is 287 Å². The number of carbonyl (C=O) groups excluding carboxylic acids is 3. The first-order chi connectivity index (χ1) is 46.2. The van der Waals surface area contributed by atoms with E-state index in [0.717, 1.165) is 173 Å². The molecule has 0 bridgehead atoms. The Morgan fingerprint density at radius 2 is 0.660 bits per heavy atom. The average Bonchev–Trinajstić information content (AvgIpc) is 2.07. The first-order valence-corrected chi connectivity index (χ1v) is 36.4. The summed E-state index contributed by atoms with van der Waals surface area (Å²) in [5.41, 5.74) is 0. The average molecular weight is 1440 g/mol. The number of aldehydes is 1. The summed E-state index contributed by atoms with van der Waals surface area (Å²) >= 11 is 2.39. The van der Waals surface area contributed by atoms with Crippen molar-refractivity contribution >= 4 is 46.8 Å². The zero-order valence-electron chi connectivity index (χ0n) is 60.8. The van der Waals surface area contributed by atoms with Gasteiger partial charge in [-0.05, 0) is 186 Å². The molecule has 1 aliphatic rings. The van der Waals surface area contributed by atoms with E-state index in [0.29, 0.717) is 29.8 Å². The van der Waals surface area contributed by atoms with Crippen molar-refractivity contribution in [1.29, 1.82) is 0 Å². The summed E-state index contributed by atoms with van der Waals surface area (Å²) < 4.78 is 10.5. The Hall–Kier alpha value is -6.39. The summed E-state index contributed by atoms with van der Waals surface area (Å²) in [5, 5.41) is 8.49. The van der Waals surface area contributed by atoms with Gasteiger partial charge in [0.2, 0.25) is 0 Å². The molecule has 1 aliphatic heterocycles. The Kier molecular flexibility index (Phi) is 98.3. The molecule has 0 spiro atoms. The van der Waals surface area contributed by atoms with Crippen LogP contribution in [0.15, 0.2) is 267 Å². The number of ether oxygens (including phenoxy) is 2. The number of carbonyl (C=O) groups is 4. The van der Waals surface area contributed by atoms with Crippen LogP contribution in [0.2, 0.25) is 0 Å². The summed E-state index contributed by atoms with van der Waals surface area (Å²) in [7, 11) is 0. The number of aliphatic carboxylic acids is 1. The number of cyclic esters (lactones) is 1. The minimum Gasteiger partial charge on any atom is -0.870 e. The van der Waals surface area contributed by atoms with Crippen LogP contribution >= 0.6 is 22.6 Å². The van der Waals surface area contributed by atoms with Gasteiger partial charge in [-0.15, -0.1) is 0 Å². The molecule has 2 unspecified atom stereocenters. The SMILES string of the molecule is CC/C=C\C/C=C\C/C=C\C/C=C\C/C=C\C/C=C\CCC(=O)O.CC/C=C\C/C=C\C/C=C\C/C=C\C/C=C\C/C=C\CCC(=O)OCC.CC/C=C\C/C=C\C/C=C\C/C=C\C/C=C\CC(I)C1CCC(=O)O1.CC/C=C\C/C=C\C/C=C\C/C=C\CC/C=C/C=O.O.[Li+].[OH-]. The van der Waals surface area contributed by atoms with Crippen molar-refractivity contribution in [3.05, 3.63) is 267 Å². The minimum atomic E-state index is -0.741. The Labute approximate surface area is 617 Å². The van der Waals surface area contributed by atoms with Gasteiger partial charge in [0.05, 0.1) is 10.5 Å². The summed E-state index contributed by atoms with van der Waals surface area (Å²) in [4.78, 5) is 42.6. The number of rotatable bonds is 52. The van der Waals surface area contributed by atoms with E-state index in [1.165, 1.54) is 0 Å². The Bertz CT molecular complexity index is 2480. The zero-order chi connectivity index (χ0) is 69.0. The number of carboxylic acid groups (broad SMARTS) is 1. The second-order valence-corrected chi connectivity index (χ2v) is 22.9. The third kappa shape index (κ3) is 96.1. The van der Waals surface area contributed by atoms with Gasteiger partial charge in [0.15, 0.2) is 0 Å². The smallest absolute Gasteiger partial charge is 0.870 e. The van der Waals surface area contributed by atoms with Gasteiger partial charge in [-0.2, -0.15) is 0 Å². The molecule has 4 N–H and O–H groups in total. The third-order valence-corrected chi connectivity index (χ3v) is 14.1. The summed E-state index contributed by atoms with van der Waals surface area (Å²) in [6.07, 6.45) is 123. The Morgan fingerprint density at radius 1 is 0.412 bits per heavy atom. The normalized spacial score (nSPS) is 14.4. The maximum atomic E-state index is 11.1. The van der Waals surface area contributed by atoms with Crippen LogP contribution in [0, 0.1) is 0 Å². The fourth-order valence-electron chi connectivity index (χ4n) is 7.79. The third-order valence-electron chi connectivity index (χ3n) is 12.8. The van der Waals surface area contributed by atoms with Crippen molar-refractivity contribution in [3.8, 4) is 0 Å². The predicted molar refractivity (Wildman–Crippen MR) is 426 cm³/mol. The number of hydrogen-bond acceptors (Lipinski definition) is 7. The Morgan fingerprint density at radius 3 is 0.907 bits per heavy atom. The maximum absolute atomic E-state index is 11.1. The molecule has 0 saturated carbocycles. The molecule has 2 atom stereocenters. The van der Waals surface area contributed by atoms with Gasteiger partial charge < -0.3 is 25.5 Å². The molecule has 0 amide bonds. The van der Waals surface area contributed by atoms with Crippen molar-refractivity contribution in [3.63, 3.8) is 0 Å². The van der Waals surface area contributed by atoms with E-state index in [1.54, 1.807) is 6.08 Å². The van der Waals surface area contributed by atoms with E-state index < -0.39 is 5.97 Å². The van der Waals surface area contributed by atoms with Crippen LogP contribution in [0.3, 0.4) is 0 Å². The molecule has 0 aliphatic carbocycles. The van der Waals surface area contributed by atoms with E-state index in [4.69, 9.17) is 14.6 Å².